The summed E-state index contributed by atoms with van der Waals surface area (Å²) in [6.07, 6.45) is 5.27. The third kappa shape index (κ3) is 2.39. The Morgan fingerprint density at radius 3 is 2.84 bits per heavy atom. The number of aromatic nitrogens is 2. The molecule has 2 unspecified atom stereocenters. The average Bonchev–Trinajstić information content (AvgIpc) is 2.78. The Labute approximate surface area is 114 Å². The van der Waals surface area contributed by atoms with E-state index in [-0.39, 0.29) is 6.10 Å². The predicted molar refractivity (Wildman–Crippen MR) is 77.1 cm³/mol. The number of hydrogen-bond donors (Lipinski definition) is 1. The zero-order valence-electron chi connectivity index (χ0n) is 11.5. The largest absolute Gasteiger partial charge is 0.393 e. The van der Waals surface area contributed by atoms with Gasteiger partial charge in [0.05, 0.1) is 17.1 Å². The molecule has 19 heavy (non-hydrogen) atoms. The quantitative estimate of drug-likeness (QED) is 0.918. The molecule has 0 amide bonds. The molecule has 2 aromatic rings. The average molecular weight is 258 g/mol. The summed E-state index contributed by atoms with van der Waals surface area (Å²) in [4.78, 5) is 4.76. The number of para-hydroxylation sites is 2. The van der Waals surface area contributed by atoms with Crippen molar-refractivity contribution in [1.82, 2.24) is 9.55 Å². The molecule has 0 saturated heterocycles. The molecule has 2 atom stereocenters. The standard InChI is InChI=1S/C16H22N2O/c1-2-18-14-9-5-4-8-13(14)17-16(18)11-12-7-3-6-10-15(12)19/h4-5,8-9,12,15,19H,2-3,6-7,10-11H2,1H3. The third-order valence-electron chi connectivity index (χ3n) is 4.36. The molecule has 1 heterocycles. The Balaban J connectivity index is 1.91. The van der Waals surface area contributed by atoms with Crippen molar-refractivity contribution in [2.75, 3.05) is 0 Å². The first kappa shape index (κ1) is 12.7. The smallest absolute Gasteiger partial charge is 0.110 e. The Kier molecular flexibility index (Phi) is 3.56. The number of fused-ring (bicyclic) bond motifs is 1. The molecule has 0 aliphatic heterocycles. The van der Waals surface area contributed by atoms with Gasteiger partial charge in [0.25, 0.3) is 0 Å². The lowest BCUT2D eigenvalue weighted by Gasteiger charge is -2.27. The molecule has 3 nitrogen and oxygen atoms in total. The minimum absolute atomic E-state index is 0.140. The number of rotatable bonds is 3. The van der Waals surface area contributed by atoms with E-state index < -0.39 is 0 Å². The van der Waals surface area contributed by atoms with Crippen molar-refractivity contribution in [2.24, 2.45) is 5.92 Å². The third-order valence-corrected chi connectivity index (χ3v) is 4.36. The summed E-state index contributed by atoms with van der Waals surface area (Å²) < 4.78 is 2.29. The first-order valence-corrected chi connectivity index (χ1v) is 7.41. The molecule has 3 heteroatoms. The second kappa shape index (κ2) is 5.33. The maximum atomic E-state index is 10.1. The van der Waals surface area contributed by atoms with Crippen molar-refractivity contribution < 1.29 is 5.11 Å². The van der Waals surface area contributed by atoms with E-state index >= 15 is 0 Å². The SMILES string of the molecule is CCn1c(CC2CCCCC2O)nc2ccccc21. The lowest BCUT2D eigenvalue weighted by molar-refractivity contribution is 0.0686. The van der Waals surface area contributed by atoms with Crippen LogP contribution in [0.1, 0.15) is 38.4 Å². The summed E-state index contributed by atoms with van der Waals surface area (Å²) >= 11 is 0. The number of imidazole rings is 1. The van der Waals surface area contributed by atoms with Gasteiger partial charge in [0, 0.05) is 13.0 Å². The Hall–Kier alpha value is -1.35. The Morgan fingerprint density at radius 1 is 1.26 bits per heavy atom. The van der Waals surface area contributed by atoms with Crippen LogP contribution in [0.25, 0.3) is 11.0 Å². The van der Waals surface area contributed by atoms with Crippen LogP contribution in [-0.2, 0) is 13.0 Å². The molecule has 1 N–H and O–H groups in total. The molecule has 3 rings (SSSR count). The minimum Gasteiger partial charge on any atom is -0.393 e. The van der Waals surface area contributed by atoms with Crippen LogP contribution < -0.4 is 0 Å². The van der Waals surface area contributed by atoms with E-state index in [0.717, 1.165) is 37.1 Å². The van der Waals surface area contributed by atoms with Crippen molar-refractivity contribution in [2.45, 2.75) is 51.7 Å². The van der Waals surface area contributed by atoms with Crippen LogP contribution in [-0.4, -0.2) is 20.8 Å². The molecule has 102 valence electrons. The summed E-state index contributed by atoms with van der Waals surface area (Å²) in [6.45, 7) is 3.10. The number of nitrogens with zero attached hydrogens (tertiary/aromatic N) is 2. The summed E-state index contributed by atoms with van der Waals surface area (Å²) in [5, 5.41) is 10.1. The fourth-order valence-corrected chi connectivity index (χ4v) is 3.29. The molecule has 1 aromatic heterocycles. The van der Waals surface area contributed by atoms with E-state index in [0.29, 0.717) is 5.92 Å². The summed E-state index contributed by atoms with van der Waals surface area (Å²) in [6, 6.07) is 8.30. The summed E-state index contributed by atoms with van der Waals surface area (Å²) in [5.74, 6) is 1.52. The highest BCUT2D eigenvalue weighted by atomic mass is 16.3. The van der Waals surface area contributed by atoms with E-state index in [4.69, 9.17) is 4.98 Å². The van der Waals surface area contributed by atoms with Gasteiger partial charge in [-0.15, -0.1) is 0 Å². The molecule has 0 spiro atoms. The summed E-state index contributed by atoms with van der Waals surface area (Å²) in [5.41, 5.74) is 2.29. The summed E-state index contributed by atoms with van der Waals surface area (Å²) in [7, 11) is 0. The lowest BCUT2D eigenvalue weighted by Crippen LogP contribution is -2.27. The molecular formula is C16H22N2O. The van der Waals surface area contributed by atoms with Crippen LogP contribution in [0.5, 0.6) is 0 Å². The normalized spacial score (nSPS) is 23.9. The predicted octanol–water partition coefficient (Wildman–Crippen LogP) is 3.15. The molecule has 1 fully saturated rings. The van der Waals surface area contributed by atoms with Crippen molar-refractivity contribution in [3.05, 3.63) is 30.1 Å². The van der Waals surface area contributed by atoms with E-state index in [2.05, 4.69) is 29.7 Å². The highest BCUT2D eigenvalue weighted by Gasteiger charge is 2.25. The van der Waals surface area contributed by atoms with Gasteiger partial charge in [0.2, 0.25) is 0 Å². The first-order valence-electron chi connectivity index (χ1n) is 7.41. The van der Waals surface area contributed by atoms with Gasteiger partial charge in [-0.25, -0.2) is 4.98 Å². The second-order valence-corrected chi connectivity index (χ2v) is 5.58. The number of aliphatic hydroxyl groups is 1. The number of benzene rings is 1. The van der Waals surface area contributed by atoms with E-state index in [1.54, 1.807) is 0 Å². The molecule has 1 saturated carbocycles. The van der Waals surface area contributed by atoms with Gasteiger partial charge >= 0.3 is 0 Å². The maximum Gasteiger partial charge on any atom is 0.110 e. The van der Waals surface area contributed by atoms with E-state index in [1.165, 1.54) is 18.4 Å². The van der Waals surface area contributed by atoms with Gasteiger partial charge in [-0.05, 0) is 37.8 Å². The van der Waals surface area contributed by atoms with Crippen molar-refractivity contribution in [3.8, 4) is 0 Å². The molecule has 1 aliphatic rings. The Bertz CT molecular complexity index is 561. The van der Waals surface area contributed by atoms with Gasteiger partial charge < -0.3 is 9.67 Å². The molecular weight excluding hydrogens is 236 g/mol. The minimum atomic E-state index is -0.140. The highest BCUT2D eigenvalue weighted by Crippen LogP contribution is 2.28. The van der Waals surface area contributed by atoms with Crippen LogP contribution in [0.3, 0.4) is 0 Å². The van der Waals surface area contributed by atoms with Gasteiger partial charge in [0.1, 0.15) is 5.82 Å². The van der Waals surface area contributed by atoms with Crippen LogP contribution in [0.2, 0.25) is 0 Å². The fraction of sp³-hybridized carbons (Fsp3) is 0.562. The van der Waals surface area contributed by atoms with Gasteiger partial charge in [-0.2, -0.15) is 0 Å². The second-order valence-electron chi connectivity index (χ2n) is 5.58. The zero-order valence-corrected chi connectivity index (χ0v) is 11.5. The number of aryl methyl sites for hydroxylation is 1. The van der Waals surface area contributed by atoms with Crippen molar-refractivity contribution in [3.63, 3.8) is 0 Å². The zero-order chi connectivity index (χ0) is 13.2. The topological polar surface area (TPSA) is 38.0 Å². The highest BCUT2D eigenvalue weighted by molar-refractivity contribution is 5.75. The monoisotopic (exact) mass is 258 g/mol. The van der Waals surface area contributed by atoms with E-state index in [1.807, 2.05) is 6.07 Å². The molecule has 1 aromatic carbocycles. The van der Waals surface area contributed by atoms with Crippen LogP contribution >= 0.6 is 0 Å². The number of aliphatic hydroxyl groups excluding tert-OH is 1. The van der Waals surface area contributed by atoms with Gasteiger partial charge in [-0.1, -0.05) is 25.0 Å². The van der Waals surface area contributed by atoms with Gasteiger partial charge in [-0.3, -0.25) is 0 Å². The van der Waals surface area contributed by atoms with Crippen LogP contribution in [0, 0.1) is 5.92 Å². The molecule has 0 bridgehead atoms. The van der Waals surface area contributed by atoms with Gasteiger partial charge in [0.15, 0.2) is 0 Å². The molecule has 0 radical (unpaired) electrons. The van der Waals surface area contributed by atoms with E-state index in [9.17, 15) is 5.11 Å². The first-order chi connectivity index (χ1) is 9.29. The van der Waals surface area contributed by atoms with Crippen molar-refractivity contribution in [1.29, 1.82) is 0 Å². The fourth-order valence-electron chi connectivity index (χ4n) is 3.29. The molecule has 1 aliphatic carbocycles. The van der Waals surface area contributed by atoms with Crippen LogP contribution in [0.4, 0.5) is 0 Å². The lowest BCUT2D eigenvalue weighted by atomic mass is 9.84. The van der Waals surface area contributed by atoms with Crippen molar-refractivity contribution >= 4 is 11.0 Å². The number of hydrogen-bond acceptors (Lipinski definition) is 2. The van der Waals surface area contributed by atoms with Crippen LogP contribution in [0.15, 0.2) is 24.3 Å². The Morgan fingerprint density at radius 2 is 2.05 bits per heavy atom. The maximum absolute atomic E-state index is 10.1.